The number of rotatable bonds is 2. The van der Waals surface area contributed by atoms with Crippen LogP contribution in [0.2, 0.25) is 0 Å². The van der Waals surface area contributed by atoms with Crippen LogP contribution >= 0.6 is 0 Å². The molecule has 2 aromatic rings. The molecule has 0 amide bonds. The minimum absolute atomic E-state index is 0.855. The molecule has 0 aliphatic heterocycles. The Hall–Kier alpha value is -1.90. The molecule has 2 heterocycles. The van der Waals surface area contributed by atoms with Gasteiger partial charge < -0.3 is 5.32 Å². The number of nitrogens with one attached hydrogen (secondary N) is 1. The monoisotopic (exact) mass is 245 g/mol. The number of nitrogens with zero attached hydrogens (tertiary/aromatic N) is 2. The van der Waals surface area contributed by atoms with Crippen LogP contribution in [0.15, 0.2) is 42.7 Å². The van der Waals surface area contributed by atoms with Gasteiger partial charge in [0.2, 0.25) is 0 Å². The van der Waals surface area contributed by atoms with Crippen molar-refractivity contribution in [2.45, 2.75) is 27.7 Å². The van der Waals surface area contributed by atoms with Crippen LogP contribution in [0.5, 0.6) is 0 Å². The summed E-state index contributed by atoms with van der Waals surface area (Å²) < 4.78 is 0. The third kappa shape index (κ3) is 4.95. The molecule has 98 valence electrons. The Morgan fingerprint density at radius 2 is 1.61 bits per heavy atom. The molecule has 0 aromatic carbocycles. The molecule has 0 radical (unpaired) electrons. The largest absolute Gasteiger partial charge is 0.373 e. The van der Waals surface area contributed by atoms with Gasteiger partial charge in [-0.05, 0) is 24.3 Å². The quantitative estimate of drug-likeness (QED) is 0.860. The summed E-state index contributed by atoms with van der Waals surface area (Å²) in [6.45, 7) is 8.00. The first-order valence-corrected chi connectivity index (χ1v) is 6.45. The molecule has 3 heteroatoms. The number of aromatic nitrogens is 2. The Morgan fingerprint density at radius 3 is 2.17 bits per heavy atom. The van der Waals surface area contributed by atoms with Crippen LogP contribution in [0.25, 0.3) is 11.3 Å². The summed E-state index contributed by atoms with van der Waals surface area (Å²) in [6, 6.07) is 9.78. The van der Waals surface area contributed by atoms with Crippen LogP contribution in [0, 0.1) is 0 Å². The van der Waals surface area contributed by atoms with E-state index in [9.17, 15) is 0 Å². The van der Waals surface area contributed by atoms with Crippen molar-refractivity contribution in [2.75, 3.05) is 12.4 Å². The van der Waals surface area contributed by atoms with Gasteiger partial charge in [0, 0.05) is 25.0 Å². The summed E-state index contributed by atoms with van der Waals surface area (Å²) in [4.78, 5) is 8.41. The highest BCUT2D eigenvalue weighted by Crippen LogP contribution is 2.17. The fraction of sp³-hybridized carbons (Fsp3) is 0.333. The van der Waals surface area contributed by atoms with Crippen molar-refractivity contribution in [3.8, 4) is 11.3 Å². The van der Waals surface area contributed by atoms with E-state index in [1.165, 1.54) is 0 Å². The molecule has 0 fully saturated rings. The van der Waals surface area contributed by atoms with E-state index in [-0.39, 0.29) is 0 Å². The van der Waals surface area contributed by atoms with E-state index in [0.29, 0.717) is 0 Å². The highest BCUT2D eigenvalue weighted by molar-refractivity contribution is 5.62. The molecule has 0 saturated heterocycles. The second-order valence-corrected chi connectivity index (χ2v) is 2.89. The molecule has 0 spiro atoms. The maximum absolute atomic E-state index is 4.27. The SMILES string of the molecule is CC.CC.CNc1cc(-c2ccccn2)ccn1. The summed E-state index contributed by atoms with van der Waals surface area (Å²) >= 11 is 0. The maximum Gasteiger partial charge on any atom is 0.126 e. The van der Waals surface area contributed by atoms with E-state index in [2.05, 4.69) is 15.3 Å². The van der Waals surface area contributed by atoms with Crippen molar-refractivity contribution in [3.63, 3.8) is 0 Å². The fourth-order valence-corrected chi connectivity index (χ4v) is 1.26. The summed E-state index contributed by atoms with van der Waals surface area (Å²) in [5.74, 6) is 0.855. The number of hydrogen-bond donors (Lipinski definition) is 1. The molecule has 2 rings (SSSR count). The third-order valence-corrected chi connectivity index (χ3v) is 1.98. The minimum atomic E-state index is 0.855. The van der Waals surface area contributed by atoms with Crippen LogP contribution in [0.1, 0.15) is 27.7 Å². The first-order chi connectivity index (χ1) is 8.90. The first kappa shape index (κ1) is 16.1. The zero-order valence-electron chi connectivity index (χ0n) is 11.9. The molecule has 0 aliphatic rings. The van der Waals surface area contributed by atoms with Crippen LogP contribution in [-0.4, -0.2) is 17.0 Å². The summed E-state index contributed by atoms with van der Waals surface area (Å²) in [7, 11) is 1.85. The van der Waals surface area contributed by atoms with E-state index >= 15 is 0 Å². The van der Waals surface area contributed by atoms with Gasteiger partial charge in [0.25, 0.3) is 0 Å². The Labute approximate surface area is 110 Å². The normalized spacial score (nSPS) is 8.28. The highest BCUT2D eigenvalue weighted by atomic mass is 14.9. The minimum Gasteiger partial charge on any atom is -0.373 e. The predicted molar refractivity (Wildman–Crippen MR) is 79.7 cm³/mol. The Bertz CT molecular complexity index is 413. The van der Waals surface area contributed by atoms with Gasteiger partial charge >= 0.3 is 0 Å². The van der Waals surface area contributed by atoms with Crippen molar-refractivity contribution in [2.24, 2.45) is 0 Å². The lowest BCUT2D eigenvalue weighted by Crippen LogP contribution is -1.92. The van der Waals surface area contributed by atoms with E-state index in [0.717, 1.165) is 17.1 Å². The third-order valence-electron chi connectivity index (χ3n) is 1.98. The van der Waals surface area contributed by atoms with Gasteiger partial charge in [0.15, 0.2) is 0 Å². The van der Waals surface area contributed by atoms with Crippen molar-refractivity contribution >= 4 is 5.82 Å². The molecule has 18 heavy (non-hydrogen) atoms. The van der Waals surface area contributed by atoms with Crippen LogP contribution < -0.4 is 5.32 Å². The van der Waals surface area contributed by atoms with Crippen molar-refractivity contribution < 1.29 is 0 Å². The topological polar surface area (TPSA) is 37.8 Å². The second-order valence-electron chi connectivity index (χ2n) is 2.89. The van der Waals surface area contributed by atoms with Gasteiger partial charge in [0.05, 0.1) is 5.69 Å². The molecule has 0 unspecified atom stereocenters. The highest BCUT2D eigenvalue weighted by Gasteiger charge is 1.98. The Kier molecular flexibility index (Phi) is 9.18. The van der Waals surface area contributed by atoms with Gasteiger partial charge in [-0.15, -0.1) is 0 Å². The molecular weight excluding hydrogens is 222 g/mol. The standard InChI is InChI=1S/C11H11N3.2C2H6/c1-12-11-8-9(5-7-14-11)10-4-2-3-6-13-10;2*1-2/h2-8H,1H3,(H,12,14);2*1-2H3. The fourth-order valence-electron chi connectivity index (χ4n) is 1.26. The predicted octanol–water partition coefficient (Wildman–Crippen LogP) is 4.24. The number of hydrogen-bond acceptors (Lipinski definition) is 3. The molecule has 0 bridgehead atoms. The summed E-state index contributed by atoms with van der Waals surface area (Å²) in [5, 5.41) is 3.00. The number of anilines is 1. The van der Waals surface area contributed by atoms with Gasteiger partial charge in [-0.3, -0.25) is 4.98 Å². The molecule has 0 saturated carbocycles. The molecule has 0 aliphatic carbocycles. The number of pyridine rings is 2. The van der Waals surface area contributed by atoms with Crippen molar-refractivity contribution in [1.82, 2.24) is 9.97 Å². The van der Waals surface area contributed by atoms with Crippen molar-refractivity contribution in [1.29, 1.82) is 0 Å². The Morgan fingerprint density at radius 1 is 0.889 bits per heavy atom. The van der Waals surface area contributed by atoms with E-state index in [4.69, 9.17) is 0 Å². The molecular formula is C15H23N3. The molecule has 3 nitrogen and oxygen atoms in total. The Balaban J connectivity index is 0.000000659. The maximum atomic E-state index is 4.27. The van der Waals surface area contributed by atoms with E-state index < -0.39 is 0 Å². The van der Waals surface area contributed by atoms with Crippen LogP contribution in [0.3, 0.4) is 0 Å². The summed E-state index contributed by atoms with van der Waals surface area (Å²) in [5.41, 5.74) is 2.04. The average molecular weight is 245 g/mol. The lowest BCUT2D eigenvalue weighted by molar-refractivity contribution is 1.27. The van der Waals surface area contributed by atoms with E-state index in [1.54, 1.807) is 12.4 Å². The molecule has 2 aromatic heterocycles. The van der Waals surface area contributed by atoms with Gasteiger partial charge in [0.1, 0.15) is 5.82 Å². The molecule has 1 N–H and O–H groups in total. The second kappa shape index (κ2) is 10.3. The van der Waals surface area contributed by atoms with Gasteiger partial charge in [-0.1, -0.05) is 33.8 Å². The average Bonchev–Trinajstić information content (AvgIpc) is 2.52. The van der Waals surface area contributed by atoms with Crippen LogP contribution in [0.4, 0.5) is 5.82 Å². The zero-order chi connectivity index (χ0) is 13.8. The zero-order valence-corrected chi connectivity index (χ0v) is 11.9. The lowest BCUT2D eigenvalue weighted by atomic mass is 10.2. The van der Waals surface area contributed by atoms with Gasteiger partial charge in [-0.2, -0.15) is 0 Å². The molecule has 0 atom stereocenters. The first-order valence-electron chi connectivity index (χ1n) is 6.45. The van der Waals surface area contributed by atoms with Crippen LogP contribution in [-0.2, 0) is 0 Å². The lowest BCUT2D eigenvalue weighted by Gasteiger charge is -2.02. The van der Waals surface area contributed by atoms with Crippen molar-refractivity contribution in [3.05, 3.63) is 42.7 Å². The summed E-state index contributed by atoms with van der Waals surface area (Å²) in [6.07, 6.45) is 3.56. The smallest absolute Gasteiger partial charge is 0.126 e. The van der Waals surface area contributed by atoms with E-state index in [1.807, 2.05) is 65.1 Å². The van der Waals surface area contributed by atoms with Gasteiger partial charge in [-0.25, -0.2) is 4.98 Å².